The molecule has 1 N–H and O–H groups in total. The summed E-state index contributed by atoms with van der Waals surface area (Å²) in [7, 11) is 5.38. The van der Waals surface area contributed by atoms with Crippen molar-refractivity contribution >= 4 is 35.8 Å². The lowest BCUT2D eigenvalue weighted by molar-refractivity contribution is -0.128. The van der Waals surface area contributed by atoms with Crippen molar-refractivity contribution in [1.29, 1.82) is 0 Å². The second-order valence-corrected chi connectivity index (χ2v) is 6.24. The van der Waals surface area contributed by atoms with Crippen LogP contribution < -0.4 is 5.32 Å². The normalized spacial score (nSPS) is 18.7. The van der Waals surface area contributed by atoms with E-state index in [1.54, 1.807) is 19.0 Å². The number of rotatable bonds is 5. The fourth-order valence-corrected chi connectivity index (χ4v) is 2.72. The van der Waals surface area contributed by atoms with Crippen LogP contribution in [0.25, 0.3) is 0 Å². The second-order valence-electron chi connectivity index (χ2n) is 6.24. The monoisotopic (exact) mass is 410 g/mol. The Labute approximate surface area is 146 Å². The molecule has 1 unspecified atom stereocenters. The molecular weight excluding hydrogens is 379 g/mol. The number of guanidine groups is 1. The van der Waals surface area contributed by atoms with Gasteiger partial charge in [-0.3, -0.25) is 9.79 Å². The Balaban J connectivity index is 0.00000400. The quantitative estimate of drug-likeness (QED) is 0.429. The Morgan fingerprint density at radius 2 is 2.10 bits per heavy atom. The van der Waals surface area contributed by atoms with Crippen LogP contribution in [0.1, 0.15) is 33.1 Å². The lowest BCUT2D eigenvalue weighted by Crippen LogP contribution is -2.41. The van der Waals surface area contributed by atoms with E-state index in [4.69, 9.17) is 0 Å². The van der Waals surface area contributed by atoms with Gasteiger partial charge in [0.2, 0.25) is 5.91 Å². The zero-order valence-corrected chi connectivity index (χ0v) is 16.4. The molecule has 0 aliphatic carbocycles. The van der Waals surface area contributed by atoms with E-state index in [2.05, 4.69) is 29.1 Å². The van der Waals surface area contributed by atoms with Crippen LogP contribution in [0.4, 0.5) is 0 Å². The minimum absolute atomic E-state index is 0. The third-order valence-electron chi connectivity index (χ3n) is 3.72. The van der Waals surface area contributed by atoms with E-state index in [1.807, 2.05) is 7.05 Å². The van der Waals surface area contributed by atoms with Crippen LogP contribution in [0.15, 0.2) is 4.99 Å². The molecule has 1 fully saturated rings. The zero-order valence-electron chi connectivity index (χ0n) is 14.1. The maximum absolute atomic E-state index is 11.5. The third-order valence-corrected chi connectivity index (χ3v) is 3.72. The second kappa shape index (κ2) is 10.2. The van der Waals surface area contributed by atoms with E-state index in [1.165, 1.54) is 12.8 Å². The maximum Gasteiger partial charge on any atom is 0.223 e. The van der Waals surface area contributed by atoms with Crippen LogP contribution in [0.5, 0.6) is 0 Å². The first-order valence-electron chi connectivity index (χ1n) is 7.59. The molecule has 124 valence electrons. The largest absolute Gasteiger partial charge is 0.356 e. The van der Waals surface area contributed by atoms with Gasteiger partial charge in [-0.05, 0) is 24.7 Å². The van der Waals surface area contributed by atoms with Gasteiger partial charge < -0.3 is 15.1 Å². The summed E-state index contributed by atoms with van der Waals surface area (Å²) in [6, 6.07) is 0. The Hall–Kier alpha value is -0.530. The van der Waals surface area contributed by atoms with E-state index >= 15 is 0 Å². The first kappa shape index (κ1) is 20.5. The molecule has 1 aliphatic heterocycles. The molecule has 6 heteroatoms. The summed E-state index contributed by atoms with van der Waals surface area (Å²) >= 11 is 0. The number of hydrogen-bond donors (Lipinski definition) is 1. The highest BCUT2D eigenvalue weighted by atomic mass is 127. The van der Waals surface area contributed by atoms with Crippen molar-refractivity contribution in [3.63, 3.8) is 0 Å². The van der Waals surface area contributed by atoms with Crippen molar-refractivity contribution in [3.05, 3.63) is 0 Å². The molecule has 1 amide bonds. The molecule has 0 aromatic rings. The summed E-state index contributed by atoms with van der Waals surface area (Å²) in [6.07, 6.45) is 3.04. The number of nitrogens with zero attached hydrogens (tertiary/aromatic N) is 3. The molecule has 1 heterocycles. The lowest BCUT2D eigenvalue weighted by Gasteiger charge is -2.22. The van der Waals surface area contributed by atoms with Gasteiger partial charge in [0.05, 0.1) is 0 Å². The van der Waals surface area contributed by atoms with Gasteiger partial charge in [-0.1, -0.05) is 13.8 Å². The number of aliphatic imine (C=N–C) groups is 1. The predicted octanol–water partition coefficient (Wildman–Crippen LogP) is 2.03. The van der Waals surface area contributed by atoms with E-state index < -0.39 is 0 Å². The van der Waals surface area contributed by atoms with E-state index in [-0.39, 0.29) is 29.9 Å². The average molecular weight is 410 g/mol. The molecule has 21 heavy (non-hydrogen) atoms. The van der Waals surface area contributed by atoms with Crippen LogP contribution in [0, 0.1) is 11.8 Å². The lowest BCUT2D eigenvalue weighted by atomic mass is 9.97. The first-order valence-corrected chi connectivity index (χ1v) is 7.59. The summed E-state index contributed by atoms with van der Waals surface area (Å²) in [4.78, 5) is 19.8. The van der Waals surface area contributed by atoms with Gasteiger partial charge in [0.25, 0.3) is 0 Å². The van der Waals surface area contributed by atoms with Crippen LogP contribution in [0.3, 0.4) is 0 Å². The highest BCUT2D eigenvalue weighted by Gasteiger charge is 2.25. The van der Waals surface area contributed by atoms with Gasteiger partial charge in [0.1, 0.15) is 0 Å². The smallest absolute Gasteiger partial charge is 0.223 e. The fourth-order valence-electron chi connectivity index (χ4n) is 2.72. The van der Waals surface area contributed by atoms with Crippen molar-refractivity contribution < 1.29 is 4.79 Å². The van der Waals surface area contributed by atoms with Gasteiger partial charge >= 0.3 is 0 Å². The number of nitrogens with one attached hydrogen (secondary N) is 1. The van der Waals surface area contributed by atoms with Gasteiger partial charge in [-0.2, -0.15) is 0 Å². The summed E-state index contributed by atoms with van der Waals surface area (Å²) in [6.45, 7) is 7.36. The van der Waals surface area contributed by atoms with Gasteiger partial charge in [0, 0.05) is 47.2 Å². The molecule has 0 aromatic carbocycles. The molecule has 0 saturated carbocycles. The number of carbonyl (C=O) groups is 1. The molecule has 1 rings (SSSR count). The SMILES string of the molecule is CN=C(NCCC(=O)N(C)C)N1CCC(CC(C)C)C1.I. The standard InChI is InChI=1S/C15H30N4O.HI/c1-12(2)10-13-7-9-19(11-13)15(16-3)17-8-6-14(20)18(4)5;/h12-13H,6-11H2,1-5H3,(H,16,17);1H. The Morgan fingerprint density at radius 1 is 1.43 bits per heavy atom. The van der Waals surface area contributed by atoms with Gasteiger partial charge in [-0.15, -0.1) is 24.0 Å². The van der Waals surface area contributed by atoms with Crippen molar-refractivity contribution in [3.8, 4) is 0 Å². The molecule has 5 nitrogen and oxygen atoms in total. The highest BCUT2D eigenvalue weighted by Crippen LogP contribution is 2.23. The molecule has 0 radical (unpaired) electrons. The van der Waals surface area contributed by atoms with Crippen molar-refractivity contribution in [2.45, 2.75) is 33.1 Å². The molecule has 0 spiro atoms. The average Bonchev–Trinajstić information content (AvgIpc) is 2.81. The zero-order chi connectivity index (χ0) is 15.1. The topological polar surface area (TPSA) is 47.9 Å². The minimum Gasteiger partial charge on any atom is -0.356 e. The number of amides is 1. The number of carbonyl (C=O) groups excluding carboxylic acids is 1. The van der Waals surface area contributed by atoms with Crippen LogP contribution in [0.2, 0.25) is 0 Å². The summed E-state index contributed by atoms with van der Waals surface area (Å²) in [5, 5.41) is 3.30. The van der Waals surface area contributed by atoms with E-state index in [0.717, 1.165) is 30.9 Å². The van der Waals surface area contributed by atoms with E-state index in [9.17, 15) is 4.79 Å². The first-order chi connectivity index (χ1) is 9.43. The number of halogens is 1. The summed E-state index contributed by atoms with van der Waals surface area (Å²) in [5.74, 6) is 2.61. The number of hydrogen-bond acceptors (Lipinski definition) is 2. The Morgan fingerprint density at radius 3 is 2.62 bits per heavy atom. The molecule has 1 saturated heterocycles. The fraction of sp³-hybridized carbons (Fsp3) is 0.867. The van der Waals surface area contributed by atoms with Crippen LogP contribution in [-0.2, 0) is 4.79 Å². The van der Waals surface area contributed by atoms with Gasteiger partial charge in [-0.25, -0.2) is 0 Å². The van der Waals surface area contributed by atoms with Crippen molar-refractivity contribution in [2.75, 3.05) is 40.8 Å². The Bertz CT molecular complexity index is 345. The molecule has 0 bridgehead atoms. The predicted molar refractivity (Wildman–Crippen MR) is 99.2 cm³/mol. The molecule has 1 aliphatic rings. The van der Waals surface area contributed by atoms with Crippen molar-refractivity contribution in [1.82, 2.24) is 15.1 Å². The molecule has 1 atom stereocenters. The summed E-state index contributed by atoms with van der Waals surface area (Å²) < 4.78 is 0. The van der Waals surface area contributed by atoms with Crippen molar-refractivity contribution in [2.24, 2.45) is 16.8 Å². The third kappa shape index (κ3) is 7.33. The molecule has 0 aromatic heterocycles. The Kier molecular flexibility index (Phi) is 9.98. The summed E-state index contributed by atoms with van der Waals surface area (Å²) in [5.41, 5.74) is 0. The maximum atomic E-state index is 11.5. The van der Waals surface area contributed by atoms with Crippen LogP contribution in [-0.4, -0.2) is 62.4 Å². The molecular formula is C15H31IN4O. The minimum atomic E-state index is 0. The van der Waals surface area contributed by atoms with E-state index in [0.29, 0.717) is 13.0 Å². The van der Waals surface area contributed by atoms with Gasteiger partial charge in [0.15, 0.2) is 5.96 Å². The number of likely N-dealkylation sites (tertiary alicyclic amines) is 1. The highest BCUT2D eigenvalue weighted by molar-refractivity contribution is 14.0. The van der Waals surface area contributed by atoms with Crippen LogP contribution >= 0.6 is 24.0 Å².